The maximum absolute atomic E-state index is 11.9. The van der Waals surface area contributed by atoms with Gasteiger partial charge >= 0.3 is 0 Å². The second-order valence-corrected chi connectivity index (χ2v) is 7.09. The highest BCUT2D eigenvalue weighted by atomic mass is 127. The fourth-order valence-electron chi connectivity index (χ4n) is 3.55. The lowest BCUT2D eigenvalue weighted by molar-refractivity contribution is 0.0927. The molecule has 1 aromatic carbocycles. The van der Waals surface area contributed by atoms with Crippen molar-refractivity contribution >= 4 is 35.8 Å². The number of likely N-dealkylation sites (tertiary alicyclic amines) is 1. The van der Waals surface area contributed by atoms with Gasteiger partial charge in [0.2, 0.25) is 0 Å². The standard InChI is InChI=1S/C22H30N4O2.HI/c1-2-23-22(25-13-12-24-21(27)20-9-6-16-28-20)26-14-10-19(11-15-26)17-18-7-4-3-5-8-18;/h3-9,16,19H,2,10-15,17H2,1H3,(H,23,25)(H,24,27);1H. The number of nitrogens with zero attached hydrogens (tertiary/aromatic N) is 2. The van der Waals surface area contributed by atoms with Crippen LogP contribution in [0.15, 0.2) is 58.1 Å². The zero-order chi connectivity index (χ0) is 19.6. The molecule has 1 saturated heterocycles. The Kier molecular flexibility index (Phi) is 10.0. The van der Waals surface area contributed by atoms with Gasteiger partial charge in [0.15, 0.2) is 11.7 Å². The van der Waals surface area contributed by atoms with E-state index in [9.17, 15) is 4.79 Å². The van der Waals surface area contributed by atoms with Crippen LogP contribution in [0.3, 0.4) is 0 Å². The third kappa shape index (κ3) is 7.38. The third-order valence-electron chi connectivity index (χ3n) is 5.02. The molecule has 0 spiro atoms. The molecular weight excluding hydrogens is 479 g/mol. The molecule has 1 amide bonds. The van der Waals surface area contributed by atoms with E-state index in [-0.39, 0.29) is 29.9 Å². The average Bonchev–Trinajstić information content (AvgIpc) is 3.27. The number of furan rings is 1. The zero-order valence-electron chi connectivity index (χ0n) is 17.0. The van der Waals surface area contributed by atoms with Crippen molar-refractivity contribution in [2.75, 3.05) is 32.7 Å². The van der Waals surface area contributed by atoms with Crippen LogP contribution >= 0.6 is 24.0 Å². The van der Waals surface area contributed by atoms with Gasteiger partial charge in [-0.1, -0.05) is 30.3 Å². The first-order chi connectivity index (χ1) is 13.8. The Labute approximate surface area is 190 Å². The summed E-state index contributed by atoms with van der Waals surface area (Å²) in [6, 6.07) is 14.1. The first-order valence-electron chi connectivity index (χ1n) is 10.1. The Bertz CT molecular complexity index is 741. The maximum Gasteiger partial charge on any atom is 0.287 e. The number of carbonyl (C=O) groups excluding carboxylic acids is 1. The summed E-state index contributed by atoms with van der Waals surface area (Å²) >= 11 is 0. The Balaban J connectivity index is 0.00000300. The largest absolute Gasteiger partial charge is 0.459 e. The second-order valence-electron chi connectivity index (χ2n) is 7.09. The van der Waals surface area contributed by atoms with E-state index in [1.807, 2.05) is 0 Å². The van der Waals surface area contributed by atoms with Crippen molar-refractivity contribution in [1.82, 2.24) is 15.5 Å². The summed E-state index contributed by atoms with van der Waals surface area (Å²) < 4.78 is 5.09. The molecule has 0 saturated carbocycles. The fourth-order valence-corrected chi connectivity index (χ4v) is 3.55. The number of hydrogen-bond donors (Lipinski definition) is 2. The topological polar surface area (TPSA) is 69.9 Å². The van der Waals surface area contributed by atoms with Crippen molar-refractivity contribution in [1.29, 1.82) is 0 Å². The van der Waals surface area contributed by atoms with Crippen LogP contribution in [0.2, 0.25) is 0 Å². The van der Waals surface area contributed by atoms with Gasteiger partial charge in [0.1, 0.15) is 0 Å². The van der Waals surface area contributed by atoms with Crippen LogP contribution in [0.1, 0.15) is 35.9 Å². The summed E-state index contributed by atoms with van der Waals surface area (Å²) in [6.45, 7) is 5.97. The minimum Gasteiger partial charge on any atom is -0.459 e. The van der Waals surface area contributed by atoms with E-state index in [4.69, 9.17) is 4.42 Å². The summed E-state index contributed by atoms with van der Waals surface area (Å²) in [5.41, 5.74) is 1.42. The fraction of sp³-hybridized carbons (Fsp3) is 0.455. The highest BCUT2D eigenvalue weighted by Crippen LogP contribution is 2.21. The summed E-state index contributed by atoms with van der Waals surface area (Å²) in [7, 11) is 0. The Hall–Kier alpha value is -2.03. The SMILES string of the molecule is CCNC(=NCCNC(=O)c1ccco1)N1CCC(Cc2ccccc2)CC1.I. The normalized spacial score (nSPS) is 14.9. The van der Waals surface area contributed by atoms with Crippen LogP contribution < -0.4 is 10.6 Å². The van der Waals surface area contributed by atoms with Crippen LogP contribution in [0.5, 0.6) is 0 Å². The van der Waals surface area contributed by atoms with Crippen molar-refractivity contribution in [3.05, 3.63) is 60.1 Å². The van der Waals surface area contributed by atoms with Crippen molar-refractivity contribution in [2.24, 2.45) is 10.9 Å². The summed E-state index contributed by atoms with van der Waals surface area (Å²) in [5, 5.41) is 6.21. The summed E-state index contributed by atoms with van der Waals surface area (Å²) in [5.74, 6) is 1.80. The highest BCUT2D eigenvalue weighted by molar-refractivity contribution is 14.0. The molecule has 1 aromatic heterocycles. The van der Waals surface area contributed by atoms with Gasteiger partial charge in [0.25, 0.3) is 5.91 Å². The highest BCUT2D eigenvalue weighted by Gasteiger charge is 2.21. The number of hydrogen-bond acceptors (Lipinski definition) is 3. The number of aliphatic imine (C=N–C) groups is 1. The number of nitrogens with one attached hydrogen (secondary N) is 2. The molecule has 1 aliphatic rings. The number of guanidine groups is 1. The average molecular weight is 510 g/mol. The van der Waals surface area contributed by atoms with Crippen LogP contribution in [0.4, 0.5) is 0 Å². The Morgan fingerprint density at radius 3 is 2.55 bits per heavy atom. The first kappa shape index (κ1) is 23.3. The minimum absolute atomic E-state index is 0. The van der Waals surface area contributed by atoms with Gasteiger partial charge in [0.05, 0.1) is 12.8 Å². The Morgan fingerprint density at radius 1 is 1.14 bits per heavy atom. The lowest BCUT2D eigenvalue weighted by Crippen LogP contribution is -2.46. The number of rotatable bonds is 7. The molecule has 0 radical (unpaired) electrons. The number of halogens is 1. The van der Waals surface area contributed by atoms with E-state index >= 15 is 0 Å². The molecule has 0 atom stereocenters. The Morgan fingerprint density at radius 2 is 1.90 bits per heavy atom. The van der Waals surface area contributed by atoms with Gasteiger partial charge < -0.3 is 20.0 Å². The van der Waals surface area contributed by atoms with Crippen LogP contribution in [-0.4, -0.2) is 49.5 Å². The predicted octanol–water partition coefficient (Wildman–Crippen LogP) is 3.55. The number of carbonyl (C=O) groups is 1. The smallest absolute Gasteiger partial charge is 0.287 e. The second kappa shape index (κ2) is 12.5. The summed E-state index contributed by atoms with van der Waals surface area (Å²) in [4.78, 5) is 18.9. The lowest BCUT2D eigenvalue weighted by Gasteiger charge is -2.34. The molecule has 7 heteroatoms. The molecular formula is C22H31IN4O2. The number of piperidine rings is 1. The molecule has 0 unspecified atom stereocenters. The van der Waals surface area contributed by atoms with E-state index in [0.29, 0.717) is 18.8 Å². The van der Waals surface area contributed by atoms with E-state index < -0.39 is 0 Å². The molecule has 0 bridgehead atoms. The van der Waals surface area contributed by atoms with Gasteiger partial charge in [-0.05, 0) is 49.8 Å². The molecule has 2 N–H and O–H groups in total. The van der Waals surface area contributed by atoms with Crippen molar-refractivity contribution < 1.29 is 9.21 Å². The van der Waals surface area contributed by atoms with E-state index in [2.05, 4.69) is 57.8 Å². The predicted molar refractivity (Wildman–Crippen MR) is 127 cm³/mol. The number of amides is 1. The van der Waals surface area contributed by atoms with E-state index in [0.717, 1.165) is 37.9 Å². The molecule has 3 rings (SSSR count). The molecule has 29 heavy (non-hydrogen) atoms. The molecule has 6 nitrogen and oxygen atoms in total. The van der Waals surface area contributed by atoms with Gasteiger partial charge in [0, 0.05) is 26.2 Å². The van der Waals surface area contributed by atoms with Crippen LogP contribution in [-0.2, 0) is 6.42 Å². The summed E-state index contributed by atoms with van der Waals surface area (Å²) in [6.07, 6.45) is 5.00. The third-order valence-corrected chi connectivity index (χ3v) is 5.02. The van der Waals surface area contributed by atoms with Crippen molar-refractivity contribution in [3.63, 3.8) is 0 Å². The van der Waals surface area contributed by atoms with E-state index in [1.54, 1.807) is 12.1 Å². The van der Waals surface area contributed by atoms with E-state index in [1.165, 1.54) is 24.7 Å². The van der Waals surface area contributed by atoms with Crippen LogP contribution in [0, 0.1) is 5.92 Å². The molecule has 2 aromatic rings. The van der Waals surface area contributed by atoms with Gasteiger partial charge in [-0.25, -0.2) is 0 Å². The molecule has 2 heterocycles. The van der Waals surface area contributed by atoms with Gasteiger partial charge in [-0.3, -0.25) is 9.79 Å². The van der Waals surface area contributed by atoms with Crippen molar-refractivity contribution in [2.45, 2.75) is 26.2 Å². The lowest BCUT2D eigenvalue weighted by atomic mass is 9.90. The zero-order valence-corrected chi connectivity index (χ0v) is 19.3. The monoisotopic (exact) mass is 510 g/mol. The molecule has 0 aliphatic carbocycles. The first-order valence-corrected chi connectivity index (χ1v) is 10.1. The molecule has 158 valence electrons. The minimum atomic E-state index is -0.202. The maximum atomic E-state index is 11.9. The van der Waals surface area contributed by atoms with Gasteiger partial charge in [-0.15, -0.1) is 24.0 Å². The number of benzene rings is 1. The molecule has 1 fully saturated rings. The quantitative estimate of drug-likeness (QED) is 0.259. The van der Waals surface area contributed by atoms with Crippen LogP contribution in [0.25, 0.3) is 0 Å². The van der Waals surface area contributed by atoms with Gasteiger partial charge in [-0.2, -0.15) is 0 Å². The van der Waals surface area contributed by atoms with Crippen molar-refractivity contribution in [3.8, 4) is 0 Å². The molecule has 1 aliphatic heterocycles.